The summed E-state index contributed by atoms with van der Waals surface area (Å²) in [5.74, 6) is -2.30. The van der Waals surface area contributed by atoms with E-state index in [1.807, 2.05) is 0 Å². The molecule has 0 spiro atoms. The van der Waals surface area contributed by atoms with Gasteiger partial charge < -0.3 is 11.6 Å². The third kappa shape index (κ3) is 20.5. The monoisotopic (exact) mass is 380 g/mol. The molecule has 0 aliphatic heterocycles. The van der Waals surface area contributed by atoms with Crippen molar-refractivity contribution in [3.8, 4) is 0 Å². The molecule has 142 valence electrons. The molecule has 0 aliphatic carbocycles. The molecule has 5 heteroatoms. The van der Waals surface area contributed by atoms with E-state index in [-0.39, 0.29) is 58.4 Å². The Labute approximate surface area is 197 Å². The summed E-state index contributed by atoms with van der Waals surface area (Å²) in [7, 11) is 0. The Morgan fingerprint density at radius 3 is 1.40 bits per heavy atom. The van der Waals surface area contributed by atoms with Gasteiger partial charge in [0.15, 0.2) is 0 Å². The van der Waals surface area contributed by atoms with E-state index in [1.54, 1.807) is 0 Å². The Bertz CT molecular complexity index is 373. The number of hydrogen-bond acceptors (Lipinski definition) is 2. The standard InChI is InChI=1S/C20H36O4.K.H/c1-2-3-4-5-6-7-8-9-10-11-12-13-14-15-16-18(20(23)24)17-19(21)22;;/h17H,2-16H2,1H3,(H,21,22)(H,23,24);;/q;+1;-1/b18-17-;;. The van der Waals surface area contributed by atoms with Crippen LogP contribution in [0.2, 0.25) is 0 Å². The molecule has 0 heterocycles. The number of carboxylic acid groups (broad SMARTS) is 2. The van der Waals surface area contributed by atoms with Crippen molar-refractivity contribution in [1.29, 1.82) is 0 Å². The quantitative estimate of drug-likeness (QED) is 0.231. The molecule has 4 nitrogen and oxygen atoms in total. The number of unbranched alkanes of at least 4 members (excludes halogenated alkanes) is 13. The Morgan fingerprint density at radius 2 is 1.08 bits per heavy atom. The molecule has 25 heavy (non-hydrogen) atoms. The molecule has 0 radical (unpaired) electrons. The minimum Gasteiger partial charge on any atom is -1.00 e. The Kier molecular flexibility index (Phi) is 22.7. The van der Waals surface area contributed by atoms with E-state index < -0.39 is 11.9 Å². The van der Waals surface area contributed by atoms with Crippen LogP contribution >= 0.6 is 0 Å². The van der Waals surface area contributed by atoms with Crippen LogP contribution in [0.4, 0.5) is 0 Å². The SMILES string of the molecule is CCCCCCCCCCCCCCCC/C(=C/C(=O)O)C(=O)O.[H-].[K+]. The van der Waals surface area contributed by atoms with Crippen molar-refractivity contribution >= 4 is 11.9 Å². The molecule has 0 amide bonds. The van der Waals surface area contributed by atoms with Gasteiger partial charge in [-0.15, -0.1) is 0 Å². The van der Waals surface area contributed by atoms with Gasteiger partial charge in [-0.25, -0.2) is 9.59 Å². The third-order valence-electron chi connectivity index (χ3n) is 4.37. The van der Waals surface area contributed by atoms with E-state index in [0.717, 1.165) is 25.3 Å². The van der Waals surface area contributed by atoms with Crippen molar-refractivity contribution in [2.75, 3.05) is 0 Å². The van der Waals surface area contributed by atoms with Gasteiger partial charge in [0.2, 0.25) is 0 Å². The predicted octanol–water partition coefficient (Wildman–Crippen LogP) is 3.07. The van der Waals surface area contributed by atoms with Crippen molar-refractivity contribution in [2.45, 2.75) is 103 Å². The van der Waals surface area contributed by atoms with E-state index >= 15 is 0 Å². The number of carboxylic acids is 2. The number of hydrogen-bond donors (Lipinski definition) is 2. The van der Waals surface area contributed by atoms with E-state index in [0.29, 0.717) is 6.42 Å². The largest absolute Gasteiger partial charge is 1.00 e. The Balaban J connectivity index is -0.00000264. The first-order valence-electron chi connectivity index (χ1n) is 9.74. The van der Waals surface area contributed by atoms with Gasteiger partial charge in [-0.05, 0) is 12.8 Å². The molecule has 2 N–H and O–H groups in total. The van der Waals surface area contributed by atoms with Gasteiger partial charge in [0.1, 0.15) is 0 Å². The molecule has 0 aromatic carbocycles. The maximum atomic E-state index is 10.9. The van der Waals surface area contributed by atoms with Crippen LogP contribution in [-0.2, 0) is 9.59 Å². The second-order valence-electron chi connectivity index (χ2n) is 6.66. The predicted molar refractivity (Wildman–Crippen MR) is 99.4 cm³/mol. The molecule has 0 atom stereocenters. The normalized spacial score (nSPS) is 11.2. The summed E-state index contributed by atoms with van der Waals surface area (Å²) in [6, 6.07) is 0. The molecule has 0 aliphatic rings. The van der Waals surface area contributed by atoms with Crippen LogP contribution in [-0.4, -0.2) is 22.2 Å². The first-order valence-corrected chi connectivity index (χ1v) is 9.74. The van der Waals surface area contributed by atoms with Gasteiger partial charge >= 0.3 is 63.3 Å². The Hall–Kier alpha value is 0.316. The first kappa shape index (κ1) is 27.5. The summed E-state index contributed by atoms with van der Waals surface area (Å²) < 4.78 is 0. The topological polar surface area (TPSA) is 74.6 Å². The van der Waals surface area contributed by atoms with E-state index in [4.69, 9.17) is 10.2 Å². The maximum absolute atomic E-state index is 10.9. The molecule has 0 saturated heterocycles. The molecule has 0 bridgehead atoms. The molecular formula is C20H37KO4. The van der Waals surface area contributed by atoms with E-state index in [1.165, 1.54) is 70.6 Å². The van der Waals surface area contributed by atoms with Crippen LogP contribution in [0.25, 0.3) is 0 Å². The zero-order chi connectivity index (χ0) is 18.0. The molecule has 0 aromatic rings. The van der Waals surface area contributed by atoms with Crippen LogP contribution in [0.1, 0.15) is 105 Å². The van der Waals surface area contributed by atoms with Gasteiger partial charge in [-0.3, -0.25) is 0 Å². The zero-order valence-electron chi connectivity index (χ0n) is 17.4. The van der Waals surface area contributed by atoms with Crippen molar-refractivity contribution < 1.29 is 72.6 Å². The second-order valence-corrected chi connectivity index (χ2v) is 6.66. The van der Waals surface area contributed by atoms with E-state index in [9.17, 15) is 9.59 Å². The van der Waals surface area contributed by atoms with Crippen molar-refractivity contribution in [1.82, 2.24) is 0 Å². The minimum absolute atomic E-state index is 0. The van der Waals surface area contributed by atoms with Crippen LogP contribution < -0.4 is 51.4 Å². The van der Waals surface area contributed by atoms with E-state index in [2.05, 4.69) is 6.92 Å². The first-order chi connectivity index (χ1) is 11.6. The van der Waals surface area contributed by atoms with Crippen molar-refractivity contribution in [3.63, 3.8) is 0 Å². The smallest absolute Gasteiger partial charge is 1.00 e. The number of aliphatic carboxylic acids is 2. The molecule has 0 fully saturated rings. The second kappa shape index (κ2) is 20.6. The summed E-state index contributed by atoms with van der Waals surface area (Å²) in [6.07, 6.45) is 18.7. The average Bonchev–Trinajstić information content (AvgIpc) is 2.53. The number of rotatable bonds is 17. The average molecular weight is 381 g/mol. The van der Waals surface area contributed by atoms with Crippen LogP contribution in [0.3, 0.4) is 0 Å². The summed E-state index contributed by atoms with van der Waals surface area (Å²) in [4.78, 5) is 21.4. The van der Waals surface area contributed by atoms with Gasteiger partial charge in [0.25, 0.3) is 0 Å². The van der Waals surface area contributed by atoms with Gasteiger partial charge in [-0.2, -0.15) is 0 Å². The molecule has 0 unspecified atom stereocenters. The van der Waals surface area contributed by atoms with Crippen LogP contribution in [0.5, 0.6) is 0 Å². The molecular weight excluding hydrogens is 343 g/mol. The van der Waals surface area contributed by atoms with Crippen molar-refractivity contribution in [3.05, 3.63) is 11.6 Å². The maximum Gasteiger partial charge on any atom is 1.00 e. The summed E-state index contributed by atoms with van der Waals surface area (Å²) in [5.41, 5.74) is 0.00133. The fraction of sp³-hybridized carbons (Fsp3) is 0.800. The molecule has 0 aromatic heterocycles. The fourth-order valence-corrected chi connectivity index (χ4v) is 2.90. The third-order valence-corrected chi connectivity index (χ3v) is 4.37. The van der Waals surface area contributed by atoms with Gasteiger partial charge in [-0.1, -0.05) is 90.4 Å². The van der Waals surface area contributed by atoms with Crippen LogP contribution in [0, 0.1) is 0 Å². The van der Waals surface area contributed by atoms with Gasteiger partial charge in [0.05, 0.1) is 0 Å². The van der Waals surface area contributed by atoms with Gasteiger partial charge in [0, 0.05) is 11.6 Å². The van der Waals surface area contributed by atoms with Crippen LogP contribution in [0.15, 0.2) is 11.6 Å². The minimum atomic E-state index is -1.18. The Morgan fingerprint density at radius 1 is 0.720 bits per heavy atom. The fourth-order valence-electron chi connectivity index (χ4n) is 2.90. The number of carbonyl (C=O) groups is 2. The van der Waals surface area contributed by atoms with Crippen molar-refractivity contribution in [2.24, 2.45) is 0 Å². The molecule has 0 saturated carbocycles. The molecule has 0 rings (SSSR count). The zero-order valence-corrected chi connectivity index (χ0v) is 19.5. The summed E-state index contributed by atoms with van der Waals surface area (Å²) in [5, 5.41) is 17.5. The summed E-state index contributed by atoms with van der Waals surface area (Å²) in [6.45, 7) is 2.25. The summed E-state index contributed by atoms with van der Waals surface area (Å²) >= 11 is 0.